The molecule has 0 spiro atoms. The molecule has 0 radical (unpaired) electrons. The van der Waals surface area contributed by atoms with Gasteiger partial charge in [0.25, 0.3) is 5.91 Å². The normalized spacial score (nSPS) is 18.2. The summed E-state index contributed by atoms with van der Waals surface area (Å²) in [6, 6.07) is 4.90. The number of carbonyl (C=O) groups is 1. The zero-order chi connectivity index (χ0) is 24.6. The Morgan fingerprint density at radius 3 is 2.21 bits per heavy atom. The molecule has 1 fully saturated rings. The number of ether oxygens (including phenoxy) is 1. The number of piperazine rings is 1. The van der Waals surface area contributed by atoms with Gasteiger partial charge in [-0.2, -0.15) is 8.61 Å². The van der Waals surface area contributed by atoms with Crippen molar-refractivity contribution in [1.82, 2.24) is 14.1 Å². The molecule has 0 saturated carbocycles. The summed E-state index contributed by atoms with van der Waals surface area (Å²) in [5.74, 6) is -4.69. The van der Waals surface area contributed by atoms with Gasteiger partial charge in [-0.3, -0.25) is 10.0 Å². The van der Waals surface area contributed by atoms with Gasteiger partial charge in [-0.05, 0) is 36.4 Å². The number of sulfonamides is 2. The predicted molar refractivity (Wildman–Crippen MR) is 112 cm³/mol. The van der Waals surface area contributed by atoms with Crippen molar-refractivity contribution in [2.45, 2.75) is 10.9 Å². The molecule has 0 aliphatic carbocycles. The summed E-state index contributed by atoms with van der Waals surface area (Å²) < 4.78 is 85.6. The number of halogens is 3. The van der Waals surface area contributed by atoms with Crippen LogP contribution < -0.4 is 10.2 Å². The van der Waals surface area contributed by atoms with Gasteiger partial charge >= 0.3 is 0 Å². The number of hydrogen-bond donors (Lipinski definition) is 2. The van der Waals surface area contributed by atoms with E-state index in [1.54, 1.807) is 0 Å². The number of rotatable bonds is 6. The Balaban J connectivity index is 1.95. The largest absolute Gasteiger partial charge is 0.451 e. The van der Waals surface area contributed by atoms with Gasteiger partial charge in [-0.1, -0.05) is 11.6 Å². The SMILES string of the molecule is CS(=O)(=O)N1CCN(S(=O)(=O)c2cc(F)c(Oc3ccc(Cl)cc3)c(F)c2)[C@H](C(=O)NO)C1. The first kappa shape index (κ1) is 25.3. The van der Waals surface area contributed by atoms with Crippen molar-refractivity contribution in [2.24, 2.45) is 0 Å². The summed E-state index contributed by atoms with van der Waals surface area (Å²) in [7, 11) is -8.47. The first-order valence-electron chi connectivity index (χ1n) is 9.18. The minimum Gasteiger partial charge on any atom is -0.451 e. The molecule has 33 heavy (non-hydrogen) atoms. The van der Waals surface area contributed by atoms with Gasteiger partial charge in [0.15, 0.2) is 17.4 Å². The Bertz CT molecular complexity index is 1250. The average Bonchev–Trinajstić information content (AvgIpc) is 2.75. The van der Waals surface area contributed by atoms with E-state index in [1.165, 1.54) is 29.7 Å². The van der Waals surface area contributed by atoms with Crippen LogP contribution in [0.4, 0.5) is 8.78 Å². The molecular weight excluding hydrogens is 508 g/mol. The van der Waals surface area contributed by atoms with Gasteiger partial charge in [0, 0.05) is 24.7 Å². The molecule has 10 nitrogen and oxygen atoms in total. The van der Waals surface area contributed by atoms with Crippen LogP contribution in [0.15, 0.2) is 41.3 Å². The number of carbonyl (C=O) groups excluding carboxylic acids is 1. The lowest BCUT2D eigenvalue weighted by Gasteiger charge is -2.38. The standard InChI is InChI=1S/C18H18ClF2N3O7S2/c1-32(27,28)23-6-7-24(16(10-23)18(25)22-26)33(29,30)13-8-14(20)17(15(21)9-13)31-12-4-2-11(19)3-5-12/h2-5,8-9,16,26H,6-7,10H2,1H3,(H,22,25)/t16-/m0/s1. The van der Waals surface area contributed by atoms with Crippen LogP contribution in [0.25, 0.3) is 0 Å². The molecule has 2 N–H and O–H groups in total. The molecule has 2 aromatic carbocycles. The third-order valence-corrected chi connectivity index (χ3v) is 8.20. The highest BCUT2D eigenvalue weighted by molar-refractivity contribution is 7.89. The van der Waals surface area contributed by atoms with Gasteiger partial charge in [0.2, 0.25) is 20.0 Å². The molecule has 0 aromatic heterocycles. The summed E-state index contributed by atoms with van der Waals surface area (Å²) in [5, 5.41) is 9.34. The van der Waals surface area contributed by atoms with E-state index in [9.17, 15) is 30.4 Å². The van der Waals surface area contributed by atoms with Crippen LogP contribution in [0.2, 0.25) is 5.02 Å². The zero-order valence-corrected chi connectivity index (χ0v) is 19.3. The van der Waals surface area contributed by atoms with E-state index in [0.29, 0.717) is 21.5 Å². The average molecular weight is 526 g/mol. The molecule has 1 aliphatic heterocycles. The van der Waals surface area contributed by atoms with E-state index in [2.05, 4.69) is 0 Å². The summed E-state index contributed by atoms with van der Waals surface area (Å²) in [6.07, 6.45) is 0.870. The minimum absolute atomic E-state index is 0.0457. The summed E-state index contributed by atoms with van der Waals surface area (Å²) in [4.78, 5) is 11.2. The molecule has 1 aliphatic rings. The second kappa shape index (κ2) is 9.48. The number of amides is 1. The number of nitrogens with zero attached hydrogens (tertiary/aromatic N) is 2. The molecule has 15 heteroatoms. The molecule has 3 rings (SSSR count). The van der Waals surface area contributed by atoms with Crippen molar-refractivity contribution in [2.75, 3.05) is 25.9 Å². The molecule has 0 unspecified atom stereocenters. The molecule has 0 bridgehead atoms. The maximum Gasteiger partial charge on any atom is 0.263 e. The van der Waals surface area contributed by atoms with Crippen LogP contribution in [0.1, 0.15) is 0 Å². The fourth-order valence-corrected chi connectivity index (χ4v) is 5.70. The van der Waals surface area contributed by atoms with Crippen LogP contribution in [0.3, 0.4) is 0 Å². The van der Waals surface area contributed by atoms with Gasteiger partial charge < -0.3 is 4.74 Å². The van der Waals surface area contributed by atoms with E-state index in [1.807, 2.05) is 0 Å². The molecule has 2 aromatic rings. The Kier molecular flexibility index (Phi) is 7.26. The molecule has 1 saturated heterocycles. The zero-order valence-electron chi connectivity index (χ0n) is 16.9. The fraction of sp³-hybridized carbons (Fsp3) is 0.278. The lowest BCUT2D eigenvalue weighted by atomic mass is 10.2. The second-order valence-corrected chi connectivity index (χ2v) is 11.3. The molecule has 1 atom stereocenters. The first-order chi connectivity index (χ1) is 15.3. The maximum absolute atomic E-state index is 14.6. The quantitative estimate of drug-likeness (QED) is 0.432. The number of hydroxylamine groups is 1. The van der Waals surface area contributed by atoms with Crippen molar-refractivity contribution in [3.8, 4) is 11.5 Å². The number of benzene rings is 2. The Labute approximate surface area is 193 Å². The van der Waals surface area contributed by atoms with Gasteiger partial charge in [0.05, 0.1) is 11.2 Å². The van der Waals surface area contributed by atoms with Crippen LogP contribution in [-0.4, -0.2) is 68.5 Å². The molecule has 1 heterocycles. The molecule has 180 valence electrons. The predicted octanol–water partition coefficient (Wildman–Crippen LogP) is 1.55. The highest BCUT2D eigenvalue weighted by Crippen LogP contribution is 2.32. The van der Waals surface area contributed by atoms with Crippen molar-refractivity contribution in [3.05, 3.63) is 53.1 Å². The molecule has 1 amide bonds. The van der Waals surface area contributed by atoms with E-state index >= 15 is 0 Å². The highest BCUT2D eigenvalue weighted by atomic mass is 35.5. The Morgan fingerprint density at radius 1 is 1.12 bits per heavy atom. The third-order valence-electron chi connectivity index (χ3n) is 4.79. The second-order valence-electron chi connectivity index (χ2n) is 7.00. The first-order valence-corrected chi connectivity index (χ1v) is 12.8. The van der Waals surface area contributed by atoms with Crippen LogP contribution in [-0.2, 0) is 24.8 Å². The van der Waals surface area contributed by atoms with Crippen LogP contribution in [0, 0.1) is 11.6 Å². The summed E-state index contributed by atoms with van der Waals surface area (Å²) >= 11 is 5.74. The molecular formula is C18H18ClF2N3O7S2. The topological polar surface area (TPSA) is 133 Å². The number of nitrogens with one attached hydrogen (secondary N) is 1. The van der Waals surface area contributed by atoms with Crippen molar-refractivity contribution in [1.29, 1.82) is 0 Å². The third kappa shape index (κ3) is 5.42. The fourth-order valence-electron chi connectivity index (χ4n) is 3.16. The maximum atomic E-state index is 14.6. The van der Waals surface area contributed by atoms with Gasteiger partial charge in [-0.25, -0.2) is 31.1 Å². The van der Waals surface area contributed by atoms with Crippen molar-refractivity contribution >= 4 is 37.6 Å². The van der Waals surface area contributed by atoms with E-state index < -0.39 is 67.4 Å². The Morgan fingerprint density at radius 2 is 1.70 bits per heavy atom. The van der Waals surface area contributed by atoms with Crippen LogP contribution >= 0.6 is 11.6 Å². The van der Waals surface area contributed by atoms with Crippen LogP contribution in [0.5, 0.6) is 11.5 Å². The van der Waals surface area contributed by atoms with Gasteiger partial charge in [0.1, 0.15) is 11.8 Å². The lowest BCUT2D eigenvalue weighted by molar-refractivity contribution is -0.134. The lowest BCUT2D eigenvalue weighted by Crippen LogP contribution is -2.60. The van der Waals surface area contributed by atoms with E-state index in [-0.39, 0.29) is 12.3 Å². The van der Waals surface area contributed by atoms with E-state index in [0.717, 1.165) is 10.6 Å². The van der Waals surface area contributed by atoms with Gasteiger partial charge in [-0.15, -0.1) is 0 Å². The Hall–Kier alpha value is -2.36. The summed E-state index contributed by atoms with van der Waals surface area (Å²) in [5.41, 5.74) is 1.28. The minimum atomic E-state index is -4.69. The van der Waals surface area contributed by atoms with Crippen molar-refractivity contribution < 1.29 is 40.4 Å². The monoisotopic (exact) mass is 525 g/mol. The highest BCUT2D eigenvalue weighted by Gasteiger charge is 2.42. The summed E-state index contributed by atoms with van der Waals surface area (Å²) in [6.45, 7) is -1.41. The smallest absolute Gasteiger partial charge is 0.263 e. The van der Waals surface area contributed by atoms with E-state index in [4.69, 9.17) is 21.5 Å². The number of hydrogen-bond acceptors (Lipinski definition) is 7. The van der Waals surface area contributed by atoms with Crippen molar-refractivity contribution in [3.63, 3.8) is 0 Å².